The van der Waals surface area contributed by atoms with E-state index >= 15 is 0 Å². The highest BCUT2D eigenvalue weighted by Gasteiger charge is 2.55. The second kappa shape index (κ2) is 7.02. The van der Waals surface area contributed by atoms with E-state index in [-0.39, 0.29) is 5.57 Å². The standard InChI is InChI=1S/C24H21N3O3/c1-23(2)9-8-21(25)24(22(29)30,20(23)13-28)17-7-6-15-4-3-5-18(19(15)10-17)16-11-26-14-27-12-16/h3-12,14,21H,25H2,1-2H3,(H,29,30). The topological polar surface area (TPSA) is 106 Å². The van der Waals surface area contributed by atoms with Crippen molar-refractivity contribution in [2.24, 2.45) is 11.1 Å². The van der Waals surface area contributed by atoms with Crippen LogP contribution < -0.4 is 5.73 Å². The van der Waals surface area contributed by atoms with Gasteiger partial charge in [0.05, 0.1) is 0 Å². The number of benzene rings is 2. The van der Waals surface area contributed by atoms with Gasteiger partial charge in [0.2, 0.25) is 0 Å². The summed E-state index contributed by atoms with van der Waals surface area (Å²) in [5.74, 6) is 0.749. The fourth-order valence-corrected chi connectivity index (χ4v) is 4.38. The van der Waals surface area contributed by atoms with E-state index in [4.69, 9.17) is 5.73 Å². The van der Waals surface area contributed by atoms with E-state index in [0.29, 0.717) is 5.56 Å². The number of carbonyl (C=O) groups excluding carboxylic acids is 1. The van der Waals surface area contributed by atoms with Crippen molar-refractivity contribution in [3.8, 4) is 11.1 Å². The van der Waals surface area contributed by atoms with E-state index in [2.05, 4.69) is 9.97 Å². The molecule has 0 saturated heterocycles. The zero-order chi connectivity index (χ0) is 21.5. The van der Waals surface area contributed by atoms with Crippen LogP contribution in [0, 0.1) is 5.41 Å². The van der Waals surface area contributed by atoms with Crippen LogP contribution in [0.1, 0.15) is 19.4 Å². The Labute approximate surface area is 173 Å². The normalized spacial score (nSPS) is 22.6. The molecule has 3 N–H and O–H groups in total. The van der Waals surface area contributed by atoms with Gasteiger partial charge in [-0.2, -0.15) is 0 Å². The van der Waals surface area contributed by atoms with Gasteiger partial charge in [0.1, 0.15) is 17.7 Å². The molecule has 2 atom stereocenters. The number of carboxylic acid groups (broad SMARTS) is 1. The Bertz CT molecular complexity index is 1230. The van der Waals surface area contributed by atoms with Gasteiger partial charge in [-0.1, -0.05) is 56.3 Å². The lowest BCUT2D eigenvalue weighted by molar-refractivity contribution is -0.143. The van der Waals surface area contributed by atoms with Crippen molar-refractivity contribution in [1.29, 1.82) is 0 Å². The van der Waals surface area contributed by atoms with Crippen LogP contribution in [-0.4, -0.2) is 33.0 Å². The van der Waals surface area contributed by atoms with Gasteiger partial charge in [-0.3, -0.25) is 4.79 Å². The second-order valence-electron chi connectivity index (χ2n) is 8.07. The highest BCUT2D eigenvalue weighted by atomic mass is 16.4. The molecule has 0 bridgehead atoms. The SMILES string of the molecule is CC1(C)C=CC(N)C(C(=O)O)(c2ccc3cccc(-c4cncnc4)c3c2)C1=C=O. The number of allylic oxidation sites excluding steroid dienone is 1. The minimum Gasteiger partial charge on any atom is -0.480 e. The van der Waals surface area contributed by atoms with E-state index in [1.165, 1.54) is 6.33 Å². The lowest BCUT2D eigenvalue weighted by Crippen LogP contribution is -2.56. The Morgan fingerprint density at radius 1 is 1.17 bits per heavy atom. The maximum absolute atomic E-state index is 12.7. The van der Waals surface area contributed by atoms with Crippen LogP contribution in [0.4, 0.5) is 0 Å². The number of aliphatic carboxylic acids is 1. The minimum absolute atomic E-state index is 0.109. The third-order valence-corrected chi connectivity index (χ3v) is 5.91. The van der Waals surface area contributed by atoms with Crippen molar-refractivity contribution in [3.05, 3.63) is 78.4 Å². The van der Waals surface area contributed by atoms with Gasteiger partial charge in [-0.15, -0.1) is 0 Å². The summed E-state index contributed by atoms with van der Waals surface area (Å²) in [6.45, 7) is 3.59. The monoisotopic (exact) mass is 399 g/mol. The summed E-state index contributed by atoms with van der Waals surface area (Å²) in [4.78, 5) is 32.9. The first kappa shape index (κ1) is 19.7. The summed E-state index contributed by atoms with van der Waals surface area (Å²) in [7, 11) is 0. The quantitative estimate of drug-likeness (QED) is 0.517. The Morgan fingerprint density at radius 3 is 2.57 bits per heavy atom. The van der Waals surface area contributed by atoms with Crippen molar-refractivity contribution < 1.29 is 14.7 Å². The fraction of sp³-hybridized carbons (Fsp3) is 0.208. The fourth-order valence-electron chi connectivity index (χ4n) is 4.38. The Hall–Kier alpha value is -3.60. The van der Waals surface area contributed by atoms with Crippen LogP contribution in [-0.2, 0) is 15.0 Å². The van der Waals surface area contributed by atoms with Gasteiger partial charge in [-0.05, 0) is 28.0 Å². The van der Waals surface area contributed by atoms with Gasteiger partial charge in [-0.25, -0.2) is 14.8 Å². The highest BCUT2D eigenvalue weighted by Crippen LogP contribution is 2.48. The summed E-state index contributed by atoms with van der Waals surface area (Å²) < 4.78 is 0. The molecule has 0 amide bonds. The van der Waals surface area contributed by atoms with Crippen molar-refractivity contribution in [3.63, 3.8) is 0 Å². The maximum atomic E-state index is 12.7. The molecule has 0 saturated carbocycles. The zero-order valence-electron chi connectivity index (χ0n) is 16.7. The third kappa shape index (κ3) is 2.77. The first-order valence-corrected chi connectivity index (χ1v) is 9.55. The van der Waals surface area contributed by atoms with Gasteiger partial charge in [0.15, 0.2) is 0 Å². The molecule has 150 valence electrons. The first-order valence-electron chi connectivity index (χ1n) is 9.55. The van der Waals surface area contributed by atoms with Crippen molar-refractivity contribution >= 4 is 22.7 Å². The van der Waals surface area contributed by atoms with Crippen LogP contribution >= 0.6 is 0 Å². The van der Waals surface area contributed by atoms with Crippen LogP contribution in [0.15, 0.2) is 72.8 Å². The smallest absolute Gasteiger partial charge is 0.321 e. The Morgan fingerprint density at radius 2 is 1.90 bits per heavy atom. The van der Waals surface area contributed by atoms with Gasteiger partial charge in [0.25, 0.3) is 0 Å². The van der Waals surface area contributed by atoms with E-state index in [1.54, 1.807) is 50.5 Å². The summed E-state index contributed by atoms with van der Waals surface area (Å²) in [5.41, 5.74) is 6.06. The largest absolute Gasteiger partial charge is 0.480 e. The number of carboxylic acids is 1. The minimum atomic E-state index is -1.71. The molecule has 1 aliphatic carbocycles. The molecule has 6 nitrogen and oxygen atoms in total. The highest BCUT2D eigenvalue weighted by molar-refractivity contribution is 5.99. The number of fused-ring (bicyclic) bond motifs is 1. The van der Waals surface area contributed by atoms with E-state index < -0.39 is 22.8 Å². The molecule has 0 aliphatic heterocycles. The Kier molecular flexibility index (Phi) is 4.61. The Balaban J connectivity index is 2.05. The lowest BCUT2D eigenvalue weighted by atomic mass is 9.58. The van der Waals surface area contributed by atoms with Gasteiger partial charge >= 0.3 is 5.97 Å². The molecule has 1 heterocycles. The number of hydrogen-bond donors (Lipinski definition) is 2. The number of aromatic nitrogens is 2. The number of nitrogens with two attached hydrogens (primary N) is 1. The number of rotatable bonds is 3. The van der Waals surface area contributed by atoms with Crippen LogP contribution in [0.3, 0.4) is 0 Å². The number of hydrogen-bond acceptors (Lipinski definition) is 5. The van der Waals surface area contributed by atoms with Crippen molar-refractivity contribution in [2.45, 2.75) is 25.3 Å². The summed E-state index contributed by atoms with van der Waals surface area (Å²) in [6, 6.07) is 10.3. The molecule has 2 unspecified atom stereocenters. The van der Waals surface area contributed by atoms with Gasteiger partial charge in [0, 0.05) is 35.0 Å². The maximum Gasteiger partial charge on any atom is 0.321 e. The molecular weight excluding hydrogens is 378 g/mol. The molecule has 4 rings (SSSR count). The van der Waals surface area contributed by atoms with Crippen molar-refractivity contribution in [2.75, 3.05) is 0 Å². The molecule has 0 fully saturated rings. The predicted molar refractivity (Wildman–Crippen MR) is 114 cm³/mol. The van der Waals surface area contributed by atoms with E-state index in [0.717, 1.165) is 21.9 Å². The molecule has 0 radical (unpaired) electrons. The first-order chi connectivity index (χ1) is 14.3. The summed E-state index contributed by atoms with van der Waals surface area (Å²) in [6.07, 6.45) is 8.30. The molecular formula is C24H21N3O3. The molecule has 3 aromatic rings. The molecule has 0 spiro atoms. The third-order valence-electron chi connectivity index (χ3n) is 5.91. The van der Waals surface area contributed by atoms with Crippen LogP contribution in [0.2, 0.25) is 0 Å². The second-order valence-corrected chi connectivity index (χ2v) is 8.07. The lowest BCUT2D eigenvalue weighted by Gasteiger charge is -2.43. The molecule has 2 aromatic carbocycles. The molecule has 6 heteroatoms. The van der Waals surface area contributed by atoms with Gasteiger partial charge < -0.3 is 10.8 Å². The zero-order valence-corrected chi connectivity index (χ0v) is 16.7. The summed E-state index contributed by atoms with van der Waals surface area (Å²) >= 11 is 0. The van der Waals surface area contributed by atoms with Crippen molar-refractivity contribution in [1.82, 2.24) is 9.97 Å². The average molecular weight is 399 g/mol. The average Bonchev–Trinajstić information content (AvgIpc) is 2.74. The number of nitrogens with zero attached hydrogens (tertiary/aromatic N) is 2. The van der Waals surface area contributed by atoms with Crippen LogP contribution in [0.5, 0.6) is 0 Å². The molecule has 1 aromatic heterocycles. The molecule has 1 aliphatic rings. The van der Waals surface area contributed by atoms with E-state index in [9.17, 15) is 14.7 Å². The predicted octanol–water partition coefficient (Wildman–Crippen LogP) is 3.30. The van der Waals surface area contributed by atoms with Crippen LogP contribution in [0.25, 0.3) is 21.9 Å². The summed E-state index contributed by atoms with van der Waals surface area (Å²) in [5, 5.41) is 12.1. The van der Waals surface area contributed by atoms with E-state index in [1.807, 2.05) is 30.2 Å². The number of carbonyl (C=O) groups is 1. The molecule has 30 heavy (non-hydrogen) atoms.